The third-order valence-corrected chi connectivity index (χ3v) is 4.61. The van der Waals surface area contributed by atoms with Gasteiger partial charge in [0.05, 0.1) is 25.4 Å². The zero-order chi connectivity index (χ0) is 15.8. The van der Waals surface area contributed by atoms with Crippen molar-refractivity contribution in [2.24, 2.45) is 0 Å². The van der Waals surface area contributed by atoms with Crippen molar-refractivity contribution in [2.45, 2.75) is 31.6 Å². The number of hydrogen-bond donors (Lipinski definition) is 2. The third-order valence-electron chi connectivity index (χ3n) is 4.61. The van der Waals surface area contributed by atoms with Crippen LogP contribution in [0.1, 0.15) is 13.3 Å². The van der Waals surface area contributed by atoms with Crippen LogP contribution in [0.15, 0.2) is 0 Å². The molecule has 0 bridgehead atoms. The molecule has 6 nitrogen and oxygen atoms in total. The molecule has 2 fully saturated rings. The highest BCUT2D eigenvalue weighted by atomic mass is 16.5. The van der Waals surface area contributed by atoms with E-state index in [-0.39, 0.29) is 0 Å². The minimum atomic E-state index is 0.324. The van der Waals surface area contributed by atoms with Crippen LogP contribution in [0.4, 0.5) is 0 Å². The van der Waals surface area contributed by atoms with Gasteiger partial charge in [-0.3, -0.25) is 9.80 Å². The van der Waals surface area contributed by atoms with E-state index in [1.54, 1.807) is 0 Å². The van der Waals surface area contributed by atoms with Gasteiger partial charge in [0.2, 0.25) is 0 Å². The largest absolute Gasteiger partial charge is 0.378 e. The van der Waals surface area contributed by atoms with E-state index in [1.807, 2.05) is 14.1 Å². The molecule has 6 heteroatoms. The standard InChI is InChI=1S/C16H34N4O2/c1-14-11-19(6-4-17-2)12-16(22-14)10-15-13-21-9-8-20(15)7-5-18-3/h14-18H,4-13H2,1-3H3. The summed E-state index contributed by atoms with van der Waals surface area (Å²) in [5, 5.41) is 6.49. The molecule has 0 spiro atoms. The lowest BCUT2D eigenvalue weighted by Crippen LogP contribution is -2.53. The first-order valence-corrected chi connectivity index (χ1v) is 8.71. The van der Waals surface area contributed by atoms with Crippen molar-refractivity contribution < 1.29 is 9.47 Å². The molecule has 2 heterocycles. The molecule has 22 heavy (non-hydrogen) atoms. The van der Waals surface area contributed by atoms with Gasteiger partial charge in [-0.05, 0) is 27.4 Å². The maximum atomic E-state index is 6.19. The van der Waals surface area contributed by atoms with E-state index in [0.29, 0.717) is 18.2 Å². The molecule has 2 N–H and O–H groups in total. The Hall–Kier alpha value is -0.240. The maximum Gasteiger partial charge on any atom is 0.0722 e. The molecular formula is C16H34N4O2. The minimum Gasteiger partial charge on any atom is -0.378 e. The molecule has 2 aliphatic heterocycles. The van der Waals surface area contributed by atoms with Crippen molar-refractivity contribution in [3.8, 4) is 0 Å². The average molecular weight is 314 g/mol. The topological polar surface area (TPSA) is 49.0 Å². The fourth-order valence-electron chi connectivity index (χ4n) is 3.48. The second-order valence-electron chi connectivity index (χ2n) is 6.54. The van der Waals surface area contributed by atoms with E-state index < -0.39 is 0 Å². The van der Waals surface area contributed by atoms with Gasteiger partial charge in [-0.2, -0.15) is 0 Å². The monoisotopic (exact) mass is 314 g/mol. The first-order valence-electron chi connectivity index (χ1n) is 8.71. The summed E-state index contributed by atoms with van der Waals surface area (Å²) < 4.78 is 11.9. The molecule has 3 unspecified atom stereocenters. The lowest BCUT2D eigenvalue weighted by atomic mass is 10.0. The van der Waals surface area contributed by atoms with Gasteiger partial charge in [-0.15, -0.1) is 0 Å². The number of ether oxygens (including phenoxy) is 2. The summed E-state index contributed by atoms with van der Waals surface area (Å²) in [6.45, 7) is 11.3. The molecule has 0 aromatic rings. The minimum absolute atomic E-state index is 0.324. The number of likely N-dealkylation sites (N-methyl/N-ethyl adjacent to an activating group) is 2. The highest BCUT2D eigenvalue weighted by Gasteiger charge is 2.30. The molecule has 2 saturated heterocycles. The van der Waals surface area contributed by atoms with E-state index >= 15 is 0 Å². The van der Waals surface area contributed by atoms with Crippen LogP contribution < -0.4 is 10.6 Å². The first-order chi connectivity index (χ1) is 10.7. The molecule has 0 aromatic carbocycles. The highest BCUT2D eigenvalue weighted by molar-refractivity contribution is 4.84. The smallest absolute Gasteiger partial charge is 0.0722 e. The fraction of sp³-hybridized carbons (Fsp3) is 1.00. The van der Waals surface area contributed by atoms with Gasteiger partial charge >= 0.3 is 0 Å². The van der Waals surface area contributed by atoms with Gasteiger partial charge < -0.3 is 20.1 Å². The number of nitrogens with one attached hydrogen (secondary N) is 2. The Morgan fingerprint density at radius 2 is 1.86 bits per heavy atom. The molecule has 2 rings (SSSR count). The van der Waals surface area contributed by atoms with Crippen molar-refractivity contribution in [3.63, 3.8) is 0 Å². The van der Waals surface area contributed by atoms with Gasteiger partial charge in [0.25, 0.3) is 0 Å². The van der Waals surface area contributed by atoms with E-state index in [9.17, 15) is 0 Å². The van der Waals surface area contributed by atoms with Crippen molar-refractivity contribution in [3.05, 3.63) is 0 Å². The van der Waals surface area contributed by atoms with Crippen molar-refractivity contribution in [1.29, 1.82) is 0 Å². The summed E-state index contributed by atoms with van der Waals surface area (Å²) in [7, 11) is 4.03. The van der Waals surface area contributed by atoms with Crippen molar-refractivity contribution >= 4 is 0 Å². The molecule has 0 aromatic heterocycles. The second-order valence-corrected chi connectivity index (χ2v) is 6.54. The van der Waals surface area contributed by atoms with Gasteiger partial charge in [-0.25, -0.2) is 0 Å². The van der Waals surface area contributed by atoms with E-state index in [2.05, 4.69) is 27.4 Å². The van der Waals surface area contributed by atoms with Crippen molar-refractivity contribution in [1.82, 2.24) is 20.4 Å². The van der Waals surface area contributed by atoms with Gasteiger partial charge in [0, 0.05) is 51.9 Å². The molecular weight excluding hydrogens is 280 g/mol. The SMILES string of the molecule is CNCCN1CC(C)OC(CC2COCCN2CCNC)C1. The lowest BCUT2D eigenvalue weighted by molar-refractivity contribution is -0.100. The predicted octanol–water partition coefficient (Wildman–Crippen LogP) is -0.395. The lowest BCUT2D eigenvalue weighted by Gasteiger charge is -2.41. The number of rotatable bonds is 8. The van der Waals surface area contributed by atoms with Crippen LogP contribution >= 0.6 is 0 Å². The van der Waals surface area contributed by atoms with Gasteiger partial charge in [0.1, 0.15) is 0 Å². The Morgan fingerprint density at radius 3 is 2.64 bits per heavy atom. The van der Waals surface area contributed by atoms with Crippen LogP contribution in [0.5, 0.6) is 0 Å². The average Bonchev–Trinajstić information content (AvgIpc) is 2.51. The third kappa shape index (κ3) is 5.76. The quantitative estimate of drug-likeness (QED) is 0.636. The van der Waals surface area contributed by atoms with Crippen LogP contribution in [-0.2, 0) is 9.47 Å². The van der Waals surface area contributed by atoms with Crippen LogP contribution in [-0.4, -0.2) is 101 Å². The molecule has 0 saturated carbocycles. The van der Waals surface area contributed by atoms with Crippen LogP contribution in [0.2, 0.25) is 0 Å². The molecule has 0 aliphatic carbocycles. The predicted molar refractivity (Wildman–Crippen MR) is 89.4 cm³/mol. The van der Waals surface area contributed by atoms with Crippen LogP contribution in [0.3, 0.4) is 0 Å². The molecule has 0 radical (unpaired) electrons. The summed E-state index contributed by atoms with van der Waals surface area (Å²) in [5.41, 5.74) is 0. The molecule has 130 valence electrons. The highest BCUT2D eigenvalue weighted by Crippen LogP contribution is 2.19. The number of hydrogen-bond acceptors (Lipinski definition) is 6. The van der Waals surface area contributed by atoms with E-state index in [4.69, 9.17) is 9.47 Å². The molecule has 3 atom stereocenters. The Morgan fingerprint density at radius 1 is 1.09 bits per heavy atom. The van der Waals surface area contributed by atoms with E-state index in [1.165, 1.54) is 0 Å². The Labute approximate surface area is 135 Å². The van der Waals surface area contributed by atoms with Gasteiger partial charge in [0.15, 0.2) is 0 Å². The molecule has 0 amide bonds. The summed E-state index contributed by atoms with van der Waals surface area (Å²) in [6.07, 6.45) is 1.72. The zero-order valence-corrected chi connectivity index (χ0v) is 14.5. The summed E-state index contributed by atoms with van der Waals surface area (Å²) >= 11 is 0. The summed E-state index contributed by atoms with van der Waals surface area (Å²) in [5.74, 6) is 0. The summed E-state index contributed by atoms with van der Waals surface area (Å²) in [6, 6.07) is 0.489. The molecule has 2 aliphatic rings. The first kappa shape index (κ1) is 18.1. The fourth-order valence-corrected chi connectivity index (χ4v) is 3.48. The van der Waals surface area contributed by atoms with Crippen LogP contribution in [0.25, 0.3) is 0 Å². The number of nitrogens with zero attached hydrogens (tertiary/aromatic N) is 2. The van der Waals surface area contributed by atoms with Crippen molar-refractivity contribution in [2.75, 3.05) is 73.1 Å². The normalized spacial score (nSPS) is 31.5. The Kier molecular flexibility index (Phi) is 8.06. The zero-order valence-electron chi connectivity index (χ0n) is 14.5. The Balaban J connectivity index is 1.83. The summed E-state index contributed by atoms with van der Waals surface area (Å²) in [4.78, 5) is 5.08. The van der Waals surface area contributed by atoms with Crippen LogP contribution in [0, 0.1) is 0 Å². The van der Waals surface area contributed by atoms with Gasteiger partial charge in [-0.1, -0.05) is 0 Å². The second kappa shape index (κ2) is 9.80. The Bertz CT molecular complexity index is 306. The maximum absolute atomic E-state index is 6.19. The number of morpholine rings is 2. The van der Waals surface area contributed by atoms with E-state index in [0.717, 1.165) is 65.4 Å².